The van der Waals surface area contributed by atoms with Gasteiger partial charge in [-0.05, 0) is 119 Å². The van der Waals surface area contributed by atoms with Crippen LogP contribution in [0.2, 0.25) is 0 Å². The van der Waals surface area contributed by atoms with E-state index in [9.17, 15) is 9.59 Å². The molecule has 3 rings (SSSR count). The van der Waals surface area contributed by atoms with Crippen LogP contribution in [-0.4, -0.2) is 48.9 Å². The molecule has 4 atom stereocenters. The van der Waals surface area contributed by atoms with Gasteiger partial charge in [-0.1, -0.05) is 52.5 Å². The summed E-state index contributed by atoms with van der Waals surface area (Å²) < 4.78 is 0. The Morgan fingerprint density at radius 1 is 1.08 bits per heavy atom. The number of hydrogen-bond donors (Lipinski definition) is 1. The molecule has 4 nitrogen and oxygen atoms in total. The van der Waals surface area contributed by atoms with Gasteiger partial charge in [-0.2, -0.15) is 0 Å². The fourth-order valence-corrected chi connectivity index (χ4v) is 8.47. The van der Waals surface area contributed by atoms with Gasteiger partial charge in [-0.3, -0.25) is 9.69 Å². The van der Waals surface area contributed by atoms with Crippen molar-refractivity contribution < 1.29 is 9.59 Å². The van der Waals surface area contributed by atoms with Crippen molar-refractivity contribution in [3.05, 3.63) is 29.3 Å². The summed E-state index contributed by atoms with van der Waals surface area (Å²) in [5.74, 6) is 3.99. The topological polar surface area (TPSA) is 49.4 Å². The maximum atomic E-state index is 11.6. The lowest BCUT2D eigenvalue weighted by Gasteiger charge is -2.50. The lowest BCUT2D eigenvalue weighted by Crippen LogP contribution is -2.48. The Bertz CT molecular complexity index is 872. The van der Waals surface area contributed by atoms with Gasteiger partial charge in [-0.25, -0.2) is 0 Å². The fourth-order valence-electron chi connectivity index (χ4n) is 7.50. The third-order valence-corrected chi connectivity index (χ3v) is 10.8. The monoisotopic (exact) mass is 556 g/mol. The van der Waals surface area contributed by atoms with Crippen LogP contribution in [0, 0.1) is 23.2 Å². The van der Waals surface area contributed by atoms with E-state index in [0.717, 1.165) is 66.6 Å². The number of nitrogens with one attached hydrogen (secondary N) is 1. The maximum absolute atomic E-state index is 11.6. The van der Waals surface area contributed by atoms with E-state index in [-0.39, 0.29) is 6.04 Å². The van der Waals surface area contributed by atoms with Crippen LogP contribution >= 0.6 is 11.8 Å². The van der Waals surface area contributed by atoms with Crippen molar-refractivity contribution in [3.63, 3.8) is 0 Å². The Hall–Kier alpha value is -1.17. The second kappa shape index (κ2) is 16.3. The van der Waals surface area contributed by atoms with Crippen molar-refractivity contribution in [1.82, 2.24) is 10.2 Å². The molecule has 1 N–H and O–H groups in total. The molecule has 0 amide bonds. The molecule has 0 aromatic heterocycles. The summed E-state index contributed by atoms with van der Waals surface area (Å²) in [6.45, 7) is 11.3. The first-order valence-corrected chi connectivity index (χ1v) is 16.9. The normalized spacial score (nSPS) is 26.4. The summed E-state index contributed by atoms with van der Waals surface area (Å²) in [6.07, 6.45) is 17.4. The molecule has 2 bridgehead atoms. The van der Waals surface area contributed by atoms with Crippen molar-refractivity contribution in [3.8, 4) is 0 Å². The molecule has 2 fully saturated rings. The van der Waals surface area contributed by atoms with Crippen LogP contribution in [0.15, 0.2) is 23.1 Å². The smallest absolute Gasteiger partial charge is 0.150 e. The molecule has 1 aromatic carbocycles. The number of carbonyl (C=O) groups excluding carboxylic acids is 2. The molecule has 220 valence electrons. The number of benzene rings is 1. The van der Waals surface area contributed by atoms with Gasteiger partial charge in [0.1, 0.15) is 12.6 Å². The van der Waals surface area contributed by atoms with Gasteiger partial charge < -0.3 is 10.1 Å². The second-order valence-corrected chi connectivity index (χ2v) is 14.5. The Morgan fingerprint density at radius 3 is 2.44 bits per heavy atom. The average Bonchev–Trinajstić information content (AvgIpc) is 2.89. The Morgan fingerprint density at radius 2 is 1.77 bits per heavy atom. The zero-order valence-corrected chi connectivity index (χ0v) is 26.4. The SMILES string of the molecule is CCCC(C=O)N(C)Cc1cc(SCCCCCCCNC(C)C2(C)CC3CC(C)CC(C3)C2)ccc1C=O. The van der Waals surface area contributed by atoms with E-state index in [0.29, 0.717) is 18.0 Å². The van der Waals surface area contributed by atoms with Gasteiger partial charge >= 0.3 is 0 Å². The zero-order chi connectivity index (χ0) is 28.3. The van der Waals surface area contributed by atoms with Crippen LogP contribution in [0.1, 0.15) is 121 Å². The Balaban J connectivity index is 1.30. The van der Waals surface area contributed by atoms with E-state index in [1.807, 2.05) is 24.9 Å². The standard InChI is InChI=1S/C34H56N2O2S/c1-6-12-32(25-38)36(5)23-31-20-33(14-13-30(31)24-37)39-16-11-9-7-8-10-15-35-27(3)34(4)21-28-17-26(2)18-29(19-28)22-34/h13-14,20,24-29,32,35H,6-12,15-19,21-23H2,1-5H3. The Labute approximate surface area is 243 Å². The van der Waals surface area contributed by atoms with E-state index >= 15 is 0 Å². The lowest BCUT2D eigenvalue weighted by molar-refractivity contribution is -0.112. The summed E-state index contributed by atoms with van der Waals surface area (Å²) in [5, 5.41) is 3.91. The van der Waals surface area contributed by atoms with E-state index in [1.165, 1.54) is 69.1 Å². The third kappa shape index (κ3) is 10.0. The molecule has 39 heavy (non-hydrogen) atoms. The molecular weight excluding hydrogens is 500 g/mol. The van der Waals surface area contributed by atoms with Crippen LogP contribution in [-0.2, 0) is 11.3 Å². The highest BCUT2D eigenvalue weighted by Crippen LogP contribution is 2.51. The van der Waals surface area contributed by atoms with E-state index < -0.39 is 0 Å². The summed E-state index contributed by atoms with van der Waals surface area (Å²) >= 11 is 1.88. The van der Waals surface area contributed by atoms with Crippen LogP contribution in [0.3, 0.4) is 0 Å². The van der Waals surface area contributed by atoms with Gasteiger partial charge in [0, 0.05) is 23.0 Å². The van der Waals surface area contributed by atoms with E-state index in [4.69, 9.17) is 0 Å². The van der Waals surface area contributed by atoms with Crippen molar-refractivity contribution >= 4 is 24.3 Å². The highest BCUT2D eigenvalue weighted by atomic mass is 32.2. The summed E-state index contributed by atoms with van der Waals surface area (Å²) in [5.41, 5.74) is 2.22. The number of unbranched alkanes of at least 4 members (excludes halogenated alkanes) is 4. The minimum absolute atomic E-state index is 0.0943. The van der Waals surface area contributed by atoms with Gasteiger partial charge in [0.15, 0.2) is 0 Å². The molecule has 0 heterocycles. The fraction of sp³-hybridized carbons (Fsp3) is 0.765. The molecule has 0 radical (unpaired) electrons. The quantitative estimate of drug-likeness (QED) is 0.112. The van der Waals surface area contributed by atoms with E-state index in [1.54, 1.807) is 0 Å². The number of rotatable bonds is 18. The predicted octanol–water partition coefficient (Wildman–Crippen LogP) is 8.17. The first-order valence-electron chi connectivity index (χ1n) is 15.9. The second-order valence-electron chi connectivity index (χ2n) is 13.3. The van der Waals surface area contributed by atoms with Gasteiger partial charge in [0.2, 0.25) is 0 Å². The maximum Gasteiger partial charge on any atom is 0.150 e. The number of thioether (sulfide) groups is 1. The van der Waals surface area contributed by atoms with Crippen molar-refractivity contribution in [1.29, 1.82) is 0 Å². The summed E-state index contributed by atoms with van der Waals surface area (Å²) in [6, 6.07) is 6.67. The highest BCUT2D eigenvalue weighted by Gasteiger charge is 2.43. The summed E-state index contributed by atoms with van der Waals surface area (Å²) in [7, 11) is 1.97. The third-order valence-electron chi connectivity index (χ3n) is 9.70. The minimum Gasteiger partial charge on any atom is -0.314 e. The molecule has 2 saturated carbocycles. The molecule has 2 aliphatic carbocycles. The van der Waals surface area contributed by atoms with E-state index in [2.05, 4.69) is 50.0 Å². The average molecular weight is 557 g/mol. The predicted molar refractivity (Wildman–Crippen MR) is 167 cm³/mol. The molecule has 0 spiro atoms. The molecule has 0 aliphatic heterocycles. The van der Waals surface area contributed by atoms with Crippen molar-refractivity contribution in [2.24, 2.45) is 23.2 Å². The summed E-state index contributed by atoms with van der Waals surface area (Å²) in [4.78, 5) is 26.3. The number of fused-ring (bicyclic) bond motifs is 2. The van der Waals surface area contributed by atoms with Crippen LogP contribution < -0.4 is 5.32 Å². The van der Waals surface area contributed by atoms with Crippen LogP contribution in [0.5, 0.6) is 0 Å². The molecule has 1 aromatic rings. The van der Waals surface area contributed by atoms with Gasteiger partial charge in [0.05, 0.1) is 6.04 Å². The number of nitrogens with zero attached hydrogens (tertiary/aromatic N) is 1. The first kappa shape index (κ1) is 32.3. The van der Waals surface area contributed by atoms with Crippen LogP contribution in [0.4, 0.5) is 0 Å². The molecular formula is C34H56N2O2S. The number of hydrogen-bond acceptors (Lipinski definition) is 5. The molecule has 5 heteroatoms. The number of carbonyl (C=O) groups is 2. The van der Waals surface area contributed by atoms with Gasteiger partial charge in [-0.15, -0.1) is 11.8 Å². The molecule has 4 unspecified atom stereocenters. The lowest BCUT2D eigenvalue weighted by atomic mass is 9.57. The largest absolute Gasteiger partial charge is 0.314 e. The van der Waals surface area contributed by atoms with Crippen molar-refractivity contribution in [2.45, 2.75) is 128 Å². The van der Waals surface area contributed by atoms with Crippen molar-refractivity contribution in [2.75, 3.05) is 19.3 Å². The molecule has 2 aliphatic rings. The van der Waals surface area contributed by atoms with Crippen LogP contribution in [0.25, 0.3) is 0 Å². The minimum atomic E-state index is -0.0943. The number of aldehydes is 2. The number of likely N-dealkylation sites (N-methyl/N-ethyl adjacent to an activating group) is 1. The molecule has 0 saturated heterocycles. The van der Waals surface area contributed by atoms with Gasteiger partial charge in [0.25, 0.3) is 0 Å². The Kier molecular flexibility index (Phi) is 13.5. The first-order chi connectivity index (χ1) is 18.8. The highest BCUT2D eigenvalue weighted by molar-refractivity contribution is 7.99. The zero-order valence-electron chi connectivity index (χ0n) is 25.6.